The Morgan fingerprint density at radius 2 is 2.33 bits per heavy atom. The largest absolute Gasteiger partial charge is 0.493 e. The van der Waals surface area contributed by atoms with Gasteiger partial charge in [-0.2, -0.15) is 0 Å². The van der Waals surface area contributed by atoms with Crippen molar-refractivity contribution in [2.75, 3.05) is 26.9 Å². The molecule has 1 atom stereocenters. The number of esters is 1. The Morgan fingerprint density at radius 3 is 3.00 bits per heavy atom. The summed E-state index contributed by atoms with van der Waals surface area (Å²) in [5.74, 6) is 0.729. The Bertz CT molecular complexity index is 427. The SMILES string of the molecule is COC(=O)c1cc(Br)cc(OC[C@H]2CCOC2)c1. The zero-order chi connectivity index (χ0) is 13.0. The van der Waals surface area contributed by atoms with Gasteiger partial charge in [-0.3, -0.25) is 0 Å². The molecule has 0 saturated carbocycles. The first-order valence-electron chi connectivity index (χ1n) is 5.78. The lowest BCUT2D eigenvalue weighted by Crippen LogP contribution is -2.12. The van der Waals surface area contributed by atoms with E-state index >= 15 is 0 Å². The molecule has 98 valence electrons. The molecule has 0 unspecified atom stereocenters. The molecule has 0 N–H and O–H groups in total. The second-order valence-corrected chi connectivity index (χ2v) is 5.12. The summed E-state index contributed by atoms with van der Waals surface area (Å²) in [6, 6.07) is 5.23. The van der Waals surface area contributed by atoms with E-state index in [2.05, 4.69) is 20.7 Å². The summed E-state index contributed by atoms with van der Waals surface area (Å²) in [6.07, 6.45) is 1.03. The van der Waals surface area contributed by atoms with Crippen LogP contribution in [0.4, 0.5) is 0 Å². The van der Waals surface area contributed by atoms with Crippen molar-refractivity contribution in [2.45, 2.75) is 6.42 Å². The van der Waals surface area contributed by atoms with Gasteiger partial charge in [-0.15, -0.1) is 0 Å². The zero-order valence-electron chi connectivity index (χ0n) is 10.1. The first kappa shape index (κ1) is 13.4. The summed E-state index contributed by atoms with van der Waals surface area (Å²) in [5, 5.41) is 0. The van der Waals surface area contributed by atoms with Crippen LogP contribution in [0.5, 0.6) is 5.75 Å². The van der Waals surface area contributed by atoms with Crippen molar-refractivity contribution in [3.8, 4) is 5.75 Å². The van der Waals surface area contributed by atoms with Crippen molar-refractivity contribution in [3.63, 3.8) is 0 Å². The van der Waals surface area contributed by atoms with Gasteiger partial charge in [-0.05, 0) is 24.6 Å². The van der Waals surface area contributed by atoms with Crippen molar-refractivity contribution >= 4 is 21.9 Å². The van der Waals surface area contributed by atoms with Crippen LogP contribution < -0.4 is 4.74 Å². The third-order valence-electron chi connectivity index (χ3n) is 2.80. The number of benzene rings is 1. The molecule has 1 saturated heterocycles. The maximum Gasteiger partial charge on any atom is 0.338 e. The highest BCUT2D eigenvalue weighted by atomic mass is 79.9. The van der Waals surface area contributed by atoms with Crippen molar-refractivity contribution in [2.24, 2.45) is 5.92 Å². The van der Waals surface area contributed by atoms with Gasteiger partial charge in [0.1, 0.15) is 5.75 Å². The Morgan fingerprint density at radius 1 is 1.50 bits per heavy atom. The summed E-state index contributed by atoms with van der Waals surface area (Å²) < 4.78 is 16.5. The highest BCUT2D eigenvalue weighted by molar-refractivity contribution is 9.10. The van der Waals surface area contributed by atoms with Gasteiger partial charge in [0, 0.05) is 17.0 Å². The normalized spacial score (nSPS) is 18.7. The molecule has 0 amide bonds. The number of ether oxygens (including phenoxy) is 3. The number of carbonyl (C=O) groups is 1. The Kier molecular flexibility index (Phi) is 4.60. The second-order valence-electron chi connectivity index (χ2n) is 4.21. The van der Waals surface area contributed by atoms with Crippen LogP contribution in [-0.2, 0) is 9.47 Å². The number of carbonyl (C=O) groups excluding carboxylic acids is 1. The van der Waals surface area contributed by atoms with Gasteiger partial charge in [0.05, 0.1) is 25.9 Å². The van der Waals surface area contributed by atoms with Gasteiger partial charge < -0.3 is 14.2 Å². The molecule has 0 radical (unpaired) electrons. The van der Waals surface area contributed by atoms with Crippen molar-refractivity contribution in [1.29, 1.82) is 0 Å². The molecule has 0 spiro atoms. The number of hydrogen-bond donors (Lipinski definition) is 0. The standard InChI is InChI=1S/C13H15BrO4/c1-16-13(15)10-4-11(14)6-12(5-10)18-8-9-2-3-17-7-9/h4-6,9H,2-3,7-8H2,1H3/t9-/m0/s1. The third kappa shape index (κ3) is 3.46. The number of hydrogen-bond acceptors (Lipinski definition) is 4. The van der Waals surface area contributed by atoms with Gasteiger partial charge in [-0.25, -0.2) is 4.79 Å². The summed E-state index contributed by atoms with van der Waals surface area (Å²) in [5.41, 5.74) is 0.476. The van der Waals surface area contributed by atoms with E-state index in [4.69, 9.17) is 9.47 Å². The molecular formula is C13H15BrO4. The second kappa shape index (κ2) is 6.20. The molecule has 1 fully saturated rings. The number of rotatable bonds is 4. The van der Waals surface area contributed by atoms with Crippen molar-refractivity contribution < 1.29 is 19.0 Å². The molecule has 0 bridgehead atoms. The highest BCUT2D eigenvalue weighted by Crippen LogP contribution is 2.23. The molecule has 2 rings (SSSR count). The van der Waals surface area contributed by atoms with Gasteiger partial charge in [0.2, 0.25) is 0 Å². The fourth-order valence-electron chi connectivity index (χ4n) is 1.81. The Labute approximate surface area is 114 Å². The van der Waals surface area contributed by atoms with Crippen molar-refractivity contribution in [3.05, 3.63) is 28.2 Å². The van der Waals surface area contributed by atoms with Crippen LogP contribution in [-0.4, -0.2) is 32.9 Å². The molecule has 4 nitrogen and oxygen atoms in total. The topological polar surface area (TPSA) is 44.8 Å². The van der Waals surface area contributed by atoms with Crippen molar-refractivity contribution in [1.82, 2.24) is 0 Å². The number of halogens is 1. The van der Waals surface area contributed by atoms with Crippen LogP contribution in [0.3, 0.4) is 0 Å². The zero-order valence-corrected chi connectivity index (χ0v) is 11.7. The minimum Gasteiger partial charge on any atom is -0.493 e. The molecule has 0 aromatic heterocycles. The van der Waals surface area contributed by atoms with Crippen LogP contribution in [0, 0.1) is 5.92 Å². The van der Waals surface area contributed by atoms with Crippen LogP contribution in [0.25, 0.3) is 0 Å². The average Bonchev–Trinajstić information content (AvgIpc) is 2.88. The van der Waals surface area contributed by atoms with Gasteiger partial charge in [0.15, 0.2) is 0 Å². The summed E-state index contributed by atoms with van der Waals surface area (Å²) in [7, 11) is 1.36. The van der Waals surface area contributed by atoms with Crippen LogP contribution in [0.1, 0.15) is 16.8 Å². The molecule has 1 aromatic rings. The molecule has 1 aliphatic rings. The molecule has 1 aliphatic heterocycles. The van der Waals surface area contributed by atoms with E-state index in [1.54, 1.807) is 12.1 Å². The van der Waals surface area contributed by atoms with Crippen LogP contribution in [0.2, 0.25) is 0 Å². The van der Waals surface area contributed by atoms with Gasteiger partial charge in [0.25, 0.3) is 0 Å². The van der Waals surface area contributed by atoms with E-state index in [1.807, 2.05) is 6.07 Å². The van der Waals surface area contributed by atoms with Crippen LogP contribution >= 0.6 is 15.9 Å². The van der Waals surface area contributed by atoms with E-state index in [-0.39, 0.29) is 5.97 Å². The van der Waals surface area contributed by atoms with E-state index in [9.17, 15) is 4.79 Å². The van der Waals surface area contributed by atoms with E-state index < -0.39 is 0 Å². The lowest BCUT2D eigenvalue weighted by Gasteiger charge is -2.11. The summed E-state index contributed by atoms with van der Waals surface area (Å²) >= 11 is 3.35. The lowest BCUT2D eigenvalue weighted by molar-refractivity contribution is 0.0600. The first-order valence-corrected chi connectivity index (χ1v) is 6.58. The van der Waals surface area contributed by atoms with E-state index in [0.29, 0.717) is 23.8 Å². The monoisotopic (exact) mass is 314 g/mol. The minimum atomic E-state index is -0.370. The molecule has 0 aliphatic carbocycles. The smallest absolute Gasteiger partial charge is 0.338 e. The fourth-order valence-corrected chi connectivity index (χ4v) is 2.28. The number of methoxy groups -OCH3 is 1. The summed E-state index contributed by atoms with van der Waals surface area (Å²) in [4.78, 5) is 11.5. The lowest BCUT2D eigenvalue weighted by atomic mass is 10.1. The summed E-state index contributed by atoms with van der Waals surface area (Å²) in [6.45, 7) is 2.16. The predicted molar refractivity (Wildman–Crippen MR) is 69.9 cm³/mol. The highest BCUT2D eigenvalue weighted by Gasteiger charge is 2.16. The van der Waals surface area contributed by atoms with E-state index in [0.717, 1.165) is 24.1 Å². The molecule has 18 heavy (non-hydrogen) atoms. The fraction of sp³-hybridized carbons (Fsp3) is 0.462. The van der Waals surface area contributed by atoms with E-state index in [1.165, 1.54) is 7.11 Å². The molecular weight excluding hydrogens is 300 g/mol. The average molecular weight is 315 g/mol. The third-order valence-corrected chi connectivity index (χ3v) is 3.26. The Balaban J connectivity index is 2.02. The van der Waals surface area contributed by atoms with Crippen LogP contribution in [0.15, 0.2) is 22.7 Å². The minimum absolute atomic E-state index is 0.370. The maximum atomic E-state index is 11.5. The molecule has 1 aromatic carbocycles. The first-order chi connectivity index (χ1) is 8.69. The van der Waals surface area contributed by atoms with Gasteiger partial charge in [-0.1, -0.05) is 15.9 Å². The predicted octanol–water partition coefficient (Wildman–Crippen LogP) is 2.65. The quantitative estimate of drug-likeness (QED) is 0.801. The molecule has 1 heterocycles. The maximum absolute atomic E-state index is 11.5. The Hall–Kier alpha value is -1.07. The molecule has 5 heteroatoms. The van der Waals surface area contributed by atoms with Gasteiger partial charge >= 0.3 is 5.97 Å².